The fourth-order valence-corrected chi connectivity index (χ4v) is 2.40. The van der Waals surface area contributed by atoms with E-state index < -0.39 is 0 Å². The average Bonchev–Trinajstić information content (AvgIpc) is 2.47. The molecule has 0 aliphatic rings. The van der Waals surface area contributed by atoms with E-state index in [9.17, 15) is 9.59 Å². The Morgan fingerprint density at radius 1 is 0.913 bits per heavy atom. The molecule has 0 saturated heterocycles. The zero-order chi connectivity index (χ0) is 17.0. The van der Waals surface area contributed by atoms with Crippen LogP contribution in [-0.2, 0) is 9.59 Å². The van der Waals surface area contributed by atoms with Gasteiger partial charge < -0.3 is 10.6 Å². The third-order valence-electron chi connectivity index (χ3n) is 3.52. The number of amides is 2. The van der Waals surface area contributed by atoms with Gasteiger partial charge in [0.2, 0.25) is 11.8 Å². The van der Waals surface area contributed by atoms with Crippen LogP contribution in [0.2, 0.25) is 5.02 Å². The third-order valence-corrected chi connectivity index (χ3v) is 3.93. The Hall–Kier alpha value is -2.33. The Kier molecular flexibility index (Phi) is 5.40. The molecule has 0 radical (unpaired) electrons. The van der Waals surface area contributed by atoms with Crippen molar-refractivity contribution in [2.24, 2.45) is 0 Å². The lowest BCUT2D eigenvalue weighted by atomic mass is 10.1. The van der Waals surface area contributed by atoms with E-state index in [-0.39, 0.29) is 18.2 Å². The van der Waals surface area contributed by atoms with Gasteiger partial charge in [0.1, 0.15) is 6.42 Å². The number of para-hydroxylation sites is 1. The van der Waals surface area contributed by atoms with E-state index in [1.807, 2.05) is 45.0 Å². The van der Waals surface area contributed by atoms with Crippen molar-refractivity contribution in [3.8, 4) is 0 Å². The van der Waals surface area contributed by atoms with E-state index in [0.29, 0.717) is 10.7 Å². The first kappa shape index (κ1) is 17.0. The van der Waals surface area contributed by atoms with Gasteiger partial charge in [-0.15, -0.1) is 0 Å². The smallest absolute Gasteiger partial charge is 0.233 e. The second kappa shape index (κ2) is 7.29. The summed E-state index contributed by atoms with van der Waals surface area (Å²) in [4.78, 5) is 24.0. The fourth-order valence-electron chi connectivity index (χ4n) is 2.22. The molecule has 0 atom stereocenters. The van der Waals surface area contributed by atoms with Crippen molar-refractivity contribution in [2.75, 3.05) is 10.6 Å². The minimum absolute atomic E-state index is 0.251. The maximum absolute atomic E-state index is 12.0. The van der Waals surface area contributed by atoms with Crippen LogP contribution in [-0.4, -0.2) is 11.8 Å². The zero-order valence-corrected chi connectivity index (χ0v) is 14.1. The van der Waals surface area contributed by atoms with Gasteiger partial charge in [0.25, 0.3) is 0 Å². The molecule has 0 saturated carbocycles. The number of nitrogens with one attached hydrogen (secondary N) is 2. The van der Waals surface area contributed by atoms with Crippen LogP contribution >= 0.6 is 11.6 Å². The number of hydrogen-bond donors (Lipinski definition) is 2. The molecule has 23 heavy (non-hydrogen) atoms. The van der Waals surface area contributed by atoms with Crippen molar-refractivity contribution in [1.29, 1.82) is 0 Å². The Balaban J connectivity index is 1.97. The molecule has 0 aliphatic heterocycles. The summed E-state index contributed by atoms with van der Waals surface area (Å²) in [5.74, 6) is -0.730. The minimum atomic E-state index is -0.381. The van der Waals surface area contributed by atoms with Crippen LogP contribution in [0.1, 0.15) is 23.1 Å². The second-order valence-corrected chi connectivity index (χ2v) is 5.91. The number of carbonyl (C=O) groups excluding carboxylic acids is 2. The van der Waals surface area contributed by atoms with Crippen molar-refractivity contribution in [3.63, 3.8) is 0 Å². The van der Waals surface area contributed by atoms with Gasteiger partial charge in [0.15, 0.2) is 0 Å². The highest BCUT2D eigenvalue weighted by atomic mass is 35.5. The lowest BCUT2D eigenvalue weighted by Crippen LogP contribution is -2.22. The van der Waals surface area contributed by atoms with E-state index in [1.54, 1.807) is 12.1 Å². The number of benzene rings is 2. The maximum atomic E-state index is 12.0. The van der Waals surface area contributed by atoms with E-state index in [4.69, 9.17) is 11.6 Å². The number of halogens is 1. The monoisotopic (exact) mass is 330 g/mol. The SMILES string of the molecule is Cc1ccc(NC(=O)CC(=O)Nc2c(C)cccc2C)cc1Cl. The van der Waals surface area contributed by atoms with Gasteiger partial charge in [-0.2, -0.15) is 0 Å². The summed E-state index contributed by atoms with van der Waals surface area (Å²) < 4.78 is 0. The highest BCUT2D eigenvalue weighted by Crippen LogP contribution is 2.21. The molecular weight excluding hydrogens is 312 g/mol. The number of rotatable bonds is 4. The highest BCUT2D eigenvalue weighted by Gasteiger charge is 2.12. The second-order valence-electron chi connectivity index (χ2n) is 5.50. The van der Waals surface area contributed by atoms with Gasteiger partial charge in [0, 0.05) is 16.4 Å². The minimum Gasteiger partial charge on any atom is -0.326 e. The van der Waals surface area contributed by atoms with Crippen LogP contribution in [0.3, 0.4) is 0 Å². The van der Waals surface area contributed by atoms with Crippen molar-refractivity contribution >= 4 is 34.8 Å². The molecule has 2 aromatic rings. The average molecular weight is 331 g/mol. The summed E-state index contributed by atoms with van der Waals surface area (Å²) >= 11 is 6.01. The van der Waals surface area contributed by atoms with Crippen LogP contribution in [0.15, 0.2) is 36.4 Å². The van der Waals surface area contributed by atoms with Crippen LogP contribution in [0.4, 0.5) is 11.4 Å². The first-order valence-electron chi connectivity index (χ1n) is 7.29. The van der Waals surface area contributed by atoms with Crippen molar-refractivity contribution < 1.29 is 9.59 Å². The van der Waals surface area contributed by atoms with Gasteiger partial charge in [0.05, 0.1) is 0 Å². The molecule has 0 spiro atoms. The standard InChI is InChI=1S/C18H19ClN2O2/c1-11-7-8-14(9-15(11)19)20-16(22)10-17(23)21-18-12(2)5-4-6-13(18)3/h4-9H,10H2,1-3H3,(H,20,22)(H,21,23). The van der Waals surface area contributed by atoms with Gasteiger partial charge in [-0.25, -0.2) is 0 Å². The van der Waals surface area contributed by atoms with Crippen LogP contribution in [0.25, 0.3) is 0 Å². The highest BCUT2D eigenvalue weighted by molar-refractivity contribution is 6.31. The summed E-state index contributed by atoms with van der Waals surface area (Å²) in [5, 5.41) is 6.03. The first-order valence-corrected chi connectivity index (χ1v) is 7.66. The summed E-state index contributed by atoms with van der Waals surface area (Å²) in [5.41, 5.74) is 4.18. The van der Waals surface area contributed by atoms with E-state index in [1.165, 1.54) is 0 Å². The van der Waals surface area contributed by atoms with Crippen LogP contribution in [0, 0.1) is 20.8 Å². The molecule has 5 heteroatoms. The predicted octanol–water partition coefficient (Wildman–Crippen LogP) is 4.23. The summed E-state index contributed by atoms with van der Waals surface area (Å²) in [6.45, 7) is 5.71. The molecule has 2 aromatic carbocycles. The normalized spacial score (nSPS) is 10.3. The molecule has 120 valence electrons. The maximum Gasteiger partial charge on any atom is 0.233 e. The van der Waals surface area contributed by atoms with Gasteiger partial charge in [-0.1, -0.05) is 35.9 Å². The zero-order valence-electron chi connectivity index (χ0n) is 13.4. The number of carbonyl (C=O) groups is 2. The predicted molar refractivity (Wildman–Crippen MR) is 94.0 cm³/mol. The summed E-state index contributed by atoms with van der Waals surface area (Å²) in [7, 11) is 0. The molecule has 4 nitrogen and oxygen atoms in total. The molecular formula is C18H19ClN2O2. The van der Waals surface area contributed by atoms with Gasteiger partial charge in [-0.05, 0) is 49.6 Å². The molecule has 2 amide bonds. The molecule has 0 unspecified atom stereocenters. The Labute approximate surface area is 140 Å². The van der Waals surface area contributed by atoms with Crippen molar-refractivity contribution in [1.82, 2.24) is 0 Å². The summed E-state index contributed by atoms with van der Waals surface area (Å²) in [6.07, 6.45) is -0.251. The lowest BCUT2D eigenvalue weighted by molar-refractivity contribution is -0.123. The molecule has 0 heterocycles. The Bertz CT molecular complexity index is 736. The Morgan fingerprint density at radius 3 is 2.13 bits per heavy atom. The number of aryl methyl sites for hydroxylation is 3. The molecule has 0 aromatic heterocycles. The Morgan fingerprint density at radius 2 is 1.52 bits per heavy atom. The molecule has 0 fully saturated rings. The van der Waals surface area contributed by atoms with Gasteiger partial charge >= 0.3 is 0 Å². The van der Waals surface area contributed by atoms with E-state index in [0.717, 1.165) is 22.4 Å². The number of hydrogen-bond acceptors (Lipinski definition) is 2. The third kappa shape index (κ3) is 4.57. The van der Waals surface area contributed by atoms with Crippen molar-refractivity contribution in [2.45, 2.75) is 27.2 Å². The molecule has 0 aliphatic carbocycles. The number of anilines is 2. The molecule has 2 rings (SSSR count). The van der Waals surface area contributed by atoms with Crippen LogP contribution < -0.4 is 10.6 Å². The topological polar surface area (TPSA) is 58.2 Å². The first-order chi connectivity index (χ1) is 10.9. The quantitative estimate of drug-likeness (QED) is 0.824. The lowest BCUT2D eigenvalue weighted by Gasteiger charge is -2.11. The van der Waals surface area contributed by atoms with E-state index in [2.05, 4.69) is 10.6 Å². The van der Waals surface area contributed by atoms with Crippen molar-refractivity contribution in [3.05, 3.63) is 58.1 Å². The van der Waals surface area contributed by atoms with Crippen LogP contribution in [0.5, 0.6) is 0 Å². The molecule has 2 N–H and O–H groups in total. The summed E-state index contributed by atoms with van der Waals surface area (Å²) in [6, 6.07) is 11.0. The van der Waals surface area contributed by atoms with E-state index >= 15 is 0 Å². The molecule has 0 bridgehead atoms. The van der Waals surface area contributed by atoms with Gasteiger partial charge in [-0.3, -0.25) is 9.59 Å². The fraction of sp³-hybridized carbons (Fsp3) is 0.222. The largest absolute Gasteiger partial charge is 0.326 e.